The second kappa shape index (κ2) is 1.73. The van der Waals surface area contributed by atoms with Crippen LogP contribution in [0.15, 0.2) is 0 Å². The van der Waals surface area contributed by atoms with Crippen molar-refractivity contribution < 1.29 is 14.3 Å². The van der Waals surface area contributed by atoms with Crippen LogP contribution in [0.1, 0.15) is 0 Å². The highest BCUT2D eigenvalue weighted by Gasteiger charge is 2.55. The molecule has 2 saturated heterocycles. The lowest BCUT2D eigenvalue weighted by Gasteiger charge is -2.34. The summed E-state index contributed by atoms with van der Waals surface area (Å²) in [6.07, 6.45) is 0. The Morgan fingerprint density at radius 3 is 2.36 bits per heavy atom. The Hall–Kier alpha value is -1.10. The molecule has 5 heteroatoms. The first-order valence-corrected chi connectivity index (χ1v) is 3.34. The predicted molar refractivity (Wildman–Crippen MR) is 34.9 cm³/mol. The van der Waals surface area contributed by atoms with Gasteiger partial charge < -0.3 is 10.1 Å². The largest absolute Gasteiger partial charge is 0.375 e. The van der Waals surface area contributed by atoms with E-state index in [2.05, 4.69) is 5.32 Å². The number of nitrogens with one attached hydrogen (secondary N) is 1. The molecule has 2 aliphatic heterocycles. The maximum Gasteiger partial charge on any atom is 0.324 e. The van der Waals surface area contributed by atoms with Gasteiger partial charge in [0.1, 0.15) is 0 Å². The molecule has 1 spiro atoms. The molecule has 0 radical (unpaired) electrons. The third kappa shape index (κ3) is 0.632. The number of imide groups is 1. The van der Waals surface area contributed by atoms with Gasteiger partial charge in [0.15, 0.2) is 5.54 Å². The lowest BCUT2D eigenvalue weighted by atomic mass is 9.98. The number of rotatable bonds is 0. The van der Waals surface area contributed by atoms with E-state index in [1.165, 1.54) is 7.05 Å². The van der Waals surface area contributed by atoms with Crippen molar-refractivity contribution in [1.82, 2.24) is 10.2 Å². The molecule has 60 valence electrons. The minimum atomic E-state index is -0.716. The second-order valence-corrected chi connectivity index (χ2v) is 2.87. The molecular formula is C6H8N2O3. The highest BCUT2D eigenvalue weighted by molar-refractivity contribution is 6.07. The summed E-state index contributed by atoms with van der Waals surface area (Å²) in [6, 6.07) is -0.335. The number of carbonyl (C=O) groups is 2. The van der Waals surface area contributed by atoms with E-state index < -0.39 is 5.54 Å². The van der Waals surface area contributed by atoms with Crippen molar-refractivity contribution >= 4 is 11.9 Å². The lowest BCUT2D eigenvalue weighted by molar-refractivity contribution is -0.146. The number of hydrogen-bond acceptors (Lipinski definition) is 3. The van der Waals surface area contributed by atoms with Crippen molar-refractivity contribution in [2.75, 3.05) is 20.3 Å². The van der Waals surface area contributed by atoms with Gasteiger partial charge in [-0.05, 0) is 0 Å². The van der Waals surface area contributed by atoms with Crippen LogP contribution in [0.3, 0.4) is 0 Å². The van der Waals surface area contributed by atoms with Crippen LogP contribution < -0.4 is 5.32 Å². The van der Waals surface area contributed by atoms with E-state index in [9.17, 15) is 9.59 Å². The van der Waals surface area contributed by atoms with Crippen LogP contribution in [0.2, 0.25) is 0 Å². The van der Waals surface area contributed by atoms with Gasteiger partial charge in [0.2, 0.25) is 0 Å². The lowest BCUT2D eigenvalue weighted by Crippen LogP contribution is -2.62. The molecule has 2 fully saturated rings. The Balaban J connectivity index is 2.27. The number of amides is 3. The molecule has 11 heavy (non-hydrogen) atoms. The van der Waals surface area contributed by atoms with Gasteiger partial charge in [-0.3, -0.25) is 9.69 Å². The molecule has 0 aromatic carbocycles. The van der Waals surface area contributed by atoms with Gasteiger partial charge in [-0.25, -0.2) is 4.79 Å². The van der Waals surface area contributed by atoms with Crippen LogP contribution in [-0.4, -0.2) is 42.6 Å². The molecule has 0 atom stereocenters. The van der Waals surface area contributed by atoms with E-state index in [-0.39, 0.29) is 11.9 Å². The number of nitrogens with zero attached hydrogens (tertiary/aromatic N) is 1. The average Bonchev–Trinajstić information content (AvgIpc) is 2.12. The number of urea groups is 1. The number of hydrogen-bond donors (Lipinski definition) is 1. The molecule has 0 bridgehead atoms. The topological polar surface area (TPSA) is 58.6 Å². The van der Waals surface area contributed by atoms with Gasteiger partial charge in [0.05, 0.1) is 13.2 Å². The van der Waals surface area contributed by atoms with E-state index in [0.29, 0.717) is 13.2 Å². The Kier molecular flexibility index (Phi) is 1.04. The highest BCUT2D eigenvalue weighted by atomic mass is 16.5. The molecule has 0 saturated carbocycles. The minimum Gasteiger partial charge on any atom is -0.375 e. The van der Waals surface area contributed by atoms with Gasteiger partial charge >= 0.3 is 6.03 Å². The Morgan fingerprint density at radius 2 is 2.18 bits per heavy atom. The molecule has 0 aliphatic carbocycles. The summed E-state index contributed by atoms with van der Waals surface area (Å²) in [6.45, 7) is 0.615. The summed E-state index contributed by atoms with van der Waals surface area (Å²) in [5.74, 6) is -0.186. The quantitative estimate of drug-likeness (QED) is 0.455. The van der Waals surface area contributed by atoms with E-state index >= 15 is 0 Å². The summed E-state index contributed by atoms with van der Waals surface area (Å²) in [5.41, 5.74) is -0.716. The molecule has 2 heterocycles. The summed E-state index contributed by atoms with van der Waals surface area (Å²) >= 11 is 0. The first-order chi connectivity index (χ1) is 5.16. The van der Waals surface area contributed by atoms with Crippen LogP contribution >= 0.6 is 0 Å². The van der Waals surface area contributed by atoms with Crippen molar-refractivity contribution in [2.45, 2.75) is 5.54 Å². The second-order valence-electron chi connectivity index (χ2n) is 2.87. The zero-order valence-electron chi connectivity index (χ0n) is 6.09. The van der Waals surface area contributed by atoms with Crippen LogP contribution in [-0.2, 0) is 9.53 Å². The average molecular weight is 156 g/mol. The Morgan fingerprint density at radius 1 is 1.55 bits per heavy atom. The van der Waals surface area contributed by atoms with Gasteiger partial charge in [-0.1, -0.05) is 0 Å². The van der Waals surface area contributed by atoms with Crippen molar-refractivity contribution in [2.24, 2.45) is 0 Å². The Labute approximate surface area is 63.3 Å². The molecule has 0 unspecified atom stereocenters. The highest BCUT2D eigenvalue weighted by Crippen LogP contribution is 2.24. The van der Waals surface area contributed by atoms with E-state index in [1.54, 1.807) is 0 Å². The summed E-state index contributed by atoms with van der Waals surface area (Å²) in [7, 11) is 1.46. The van der Waals surface area contributed by atoms with Crippen molar-refractivity contribution in [3.63, 3.8) is 0 Å². The molecule has 1 N–H and O–H groups in total. The van der Waals surface area contributed by atoms with E-state index in [1.807, 2.05) is 0 Å². The zero-order valence-corrected chi connectivity index (χ0v) is 6.09. The minimum absolute atomic E-state index is 0.186. The summed E-state index contributed by atoms with van der Waals surface area (Å²) in [4.78, 5) is 23.3. The van der Waals surface area contributed by atoms with Crippen molar-refractivity contribution in [3.8, 4) is 0 Å². The third-order valence-electron chi connectivity index (χ3n) is 2.06. The third-order valence-corrected chi connectivity index (χ3v) is 2.06. The normalized spacial score (nSPS) is 27.2. The van der Waals surface area contributed by atoms with Crippen LogP contribution in [0, 0.1) is 0 Å². The van der Waals surface area contributed by atoms with E-state index in [0.717, 1.165) is 4.90 Å². The monoisotopic (exact) mass is 156 g/mol. The Bertz CT molecular complexity index is 234. The maximum absolute atomic E-state index is 11.3. The molecular weight excluding hydrogens is 148 g/mol. The molecule has 5 nitrogen and oxygen atoms in total. The SMILES string of the molecule is CN1C(=O)NC2(COC2)C1=O. The molecule has 0 aromatic rings. The first-order valence-electron chi connectivity index (χ1n) is 3.34. The number of likely N-dealkylation sites (N-methyl/N-ethyl adjacent to an activating group) is 1. The van der Waals surface area contributed by atoms with Gasteiger partial charge in [-0.2, -0.15) is 0 Å². The molecule has 3 amide bonds. The molecule has 0 aromatic heterocycles. The fourth-order valence-corrected chi connectivity index (χ4v) is 1.26. The fourth-order valence-electron chi connectivity index (χ4n) is 1.26. The van der Waals surface area contributed by atoms with Crippen LogP contribution in [0.25, 0.3) is 0 Å². The number of carbonyl (C=O) groups excluding carboxylic acids is 2. The maximum atomic E-state index is 11.3. The van der Waals surface area contributed by atoms with Crippen molar-refractivity contribution in [3.05, 3.63) is 0 Å². The fraction of sp³-hybridized carbons (Fsp3) is 0.667. The van der Waals surface area contributed by atoms with Gasteiger partial charge in [-0.15, -0.1) is 0 Å². The summed E-state index contributed by atoms with van der Waals surface area (Å²) < 4.78 is 4.86. The number of ether oxygens (including phenoxy) is 1. The van der Waals surface area contributed by atoms with Crippen molar-refractivity contribution in [1.29, 1.82) is 0 Å². The van der Waals surface area contributed by atoms with Gasteiger partial charge in [0, 0.05) is 7.05 Å². The van der Waals surface area contributed by atoms with E-state index in [4.69, 9.17) is 4.74 Å². The zero-order chi connectivity index (χ0) is 8.06. The van der Waals surface area contributed by atoms with Gasteiger partial charge in [0.25, 0.3) is 5.91 Å². The predicted octanol–water partition coefficient (Wildman–Crippen LogP) is -1.06. The smallest absolute Gasteiger partial charge is 0.324 e. The van der Waals surface area contributed by atoms with Crippen LogP contribution in [0.5, 0.6) is 0 Å². The summed E-state index contributed by atoms with van der Waals surface area (Å²) in [5, 5.41) is 2.58. The molecule has 2 aliphatic rings. The first kappa shape index (κ1) is 6.60. The standard InChI is InChI=1S/C6H8N2O3/c1-8-4(9)6(2-11-3-6)7-5(8)10/h2-3H2,1H3,(H,7,10). The molecule has 2 rings (SSSR count). The van der Waals surface area contributed by atoms with Crippen LogP contribution in [0.4, 0.5) is 4.79 Å².